The number of halogens is 2. The van der Waals surface area contributed by atoms with Crippen molar-refractivity contribution in [3.8, 4) is 0 Å². The molecule has 1 nitrogen and oxygen atoms in total. The summed E-state index contributed by atoms with van der Waals surface area (Å²) in [6.07, 6.45) is 1.71. The molecule has 0 fully saturated rings. The van der Waals surface area contributed by atoms with Crippen LogP contribution in [0.4, 0.5) is 0 Å². The van der Waals surface area contributed by atoms with E-state index in [-0.39, 0.29) is 6.04 Å². The maximum Gasteiger partial charge on any atom is 0.0468 e. The highest BCUT2D eigenvalue weighted by atomic mass is 35.5. The summed E-state index contributed by atoms with van der Waals surface area (Å²) >= 11 is 12.1. The summed E-state index contributed by atoms with van der Waals surface area (Å²) in [5.41, 5.74) is 7.99. The summed E-state index contributed by atoms with van der Waals surface area (Å²) in [5, 5.41) is 1.27. The van der Waals surface area contributed by atoms with Gasteiger partial charge in [-0.3, -0.25) is 0 Å². The van der Waals surface area contributed by atoms with E-state index in [2.05, 4.69) is 6.58 Å². The summed E-state index contributed by atoms with van der Waals surface area (Å²) in [4.78, 5) is 0. The van der Waals surface area contributed by atoms with Crippen molar-refractivity contribution in [2.45, 2.75) is 25.8 Å². The van der Waals surface area contributed by atoms with Crippen LogP contribution in [0.15, 0.2) is 30.4 Å². The van der Waals surface area contributed by atoms with Gasteiger partial charge in [0.2, 0.25) is 0 Å². The van der Waals surface area contributed by atoms with Gasteiger partial charge in [0, 0.05) is 21.7 Å². The Morgan fingerprint density at radius 2 is 1.93 bits per heavy atom. The Hall–Kier alpha value is -0.500. The second kappa shape index (κ2) is 5.55. The molecule has 1 atom stereocenters. The molecular formula is C12H15Cl2N. The van der Waals surface area contributed by atoms with Crippen LogP contribution >= 0.6 is 23.2 Å². The number of hydrogen-bond donors (Lipinski definition) is 1. The van der Waals surface area contributed by atoms with Crippen molar-refractivity contribution in [1.29, 1.82) is 0 Å². The molecule has 0 aliphatic heterocycles. The number of rotatable bonds is 4. The quantitative estimate of drug-likeness (QED) is 0.783. The third kappa shape index (κ3) is 3.53. The summed E-state index contributed by atoms with van der Waals surface area (Å²) in [7, 11) is 0. The Bertz CT molecular complexity index is 340. The van der Waals surface area contributed by atoms with Crippen LogP contribution in [0.5, 0.6) is 0 Å². The van der Waals surface area contributed by atoms with Gasteiger partial charge in [-0.1, -0.05) is 34.8 Å². The highest BCUT2D eigenvalue weighted by Gasteiger charge is 2.13. The normalized spacial score (nSPS) is 12.5. The lowest BCUT2D eigenvalue weighted by Crippen LogP contribution is -2.11. The number of hydrogen-bond acceptors (Lipinski definition) is 1. The molecule has 0 saturated carbocycles. The monoisotopic (exact) mass is 243 g/mol. The van der Waals surface area contributed by atoms with Crippen molar-refractivity contribution in [2.75, 3.05) is 0 Å². The average Bonchev–Trinajstić information content (AvgIpc) is 2.14. The Morgan fingerprint density at radius 3 is 2.40 bits per heavy atom. The zero-order valence-electron chi connectivity index (χ0n) is 8.76. The van der Waals surface area contributed by atoms with E-state index in [0.717, 1.165) is 24.0 Å². The highest BCUT2D eigenvalue weighted by molar-refractivity contribution is 6.36. The van der Waals surface area contributed by atoms with Gasteiger partial charge in [0.15, 0.2) is 0 Å². The third-order valence-corrected chi connectivity index (χ3v) is 2.91. The maximum absolute atomic E-state index is 6.05. The molecule has 0 aromatic heterocycles. The topological polar surface area (TPSA) is 26.0 Å². The van der Waals surface area contributed by atoms with Gasteiger partial charge in [-0.2, -0.15) is 0 Å². The molecule has 0 saturated heterocycles. The van der Waals surface area contributed by atoms with E-state index < -0.39 is 0 Å². The van der Waals surface area contributed by atoms with Crippen molar-refractivity contribution < 1.29 is 0 Å². The van der Waals surface area contributed by atoms with Crippen LogP contribution in [0, 0.1) is 0 Å². The first-order valence-electron chi connectivity index (χ1n) is 4.86. The Balaban J connectivity index is 2.81. The van der Waals surface area contributed by atoms with Gasteiger partial charge < -0.3 is 5.73 Å². The average molecular weight is 244 g/mol. The van der Waals surface area contributed by atoms with Crippen LogP contribution in [0.1, 0.15) is 31.4 Å². The van der Waals surface area contributed by atoms with Crippen LogP contribution in [0.2, 0.25) is 10.0 Å². The number of nitrogens with two attached hydrogens (primary N) is 1. The fraction of sp³-hybridized carbons (Fsp3) is 0.333. The Morgan fingerprint density at radius 1 is 1.40 bits per heavy atom. The van der Waals surface area contributed by atoms with Gasteiger partial charge in [0.25, 0.3) is 0 Å². The Kier molecular flexibility index (Phi) is 4.65. The van der Waals surface area contributed by atoms with E-state index in [1.165, 1.54) is 0 Å². The first-order valence-corrected chi connectivity index (χ1v) is 5.62. The summed E-state index contributed by atoms with van der Waals surface area (Å²) in [6.45, 7) is 5.83. The molecule has 0 aliphatic rings. The molecular weight excluding hydrogens is 229 g/mol. The van der Waals surface area contributed by atoms with Crippen molar-refractivity contribution in [3.05, 3.63) is 46.0 Å². The Labute approximate surface area is 101 Å². The number of allylic oxidation sites excluding steroid dienone is 1. The molecule has 15 heavy (non-hydrogen) atoms. The van der Waals surface area contributed by atoms with Crippen LogP contribution in [-0.2, 0) is 0 Å². The fourth-order valence-corrected chi connectivity index (χ4v) is 2.09. The van der Waals surface area contributed by atoms with E-state index in [4.69, 9.17) is 28.9 Å². The maximum atomic E-state index is 6.05. The molecule has 1 rings (SSSR count). The van der Waals surface area contributed by atoms with Crippen LogP contribution in [0.25, 0.3) is 0 Å². The molecule has 0 amide bonds. The van der Waals surface area contributed by atoms with E-state index in [0.29, 0.717) is 10.0 Å². The smallest absolute Gasteiger partial charge is 0.0468 e. The minimum Gasteiger partial charge on any atom is -0.324 e. The van der Waals surface area contributed by atoms with Crippen LogP contribution in [-0.4, -0.2) is 0 Å². The third-order valence-electron chi connectivity index (χ3n) is 2.25. The molecule has 2 N–H and O–H groups in total. The molecule has 1 aromatic carbocycles. The van der Waals surface area contributed by atoms with Gasteiger partial charge in [0.05, 0.1) is 0 Å². The van der Waals surface area contributed by atoms with Crippen molar-refractivity contribution >= 4 is 23.2 Å². The standard InChI is InChI=1S/C12H15Cl2N/c1-8(2)6-7-11(15)12-9(13)4-3-5-10(12)14/h3-5,11H,1,6-7,15H2,2H3. The first-order chi connectivity index (χ1) is 7.02. The zero-order chi connectivity index (χ0) is 11.4. The van der Waals surface area contributed by atoms with Gasteiger partial charge in [0.1, 0.15) is 0 Å². The SMILES string of the molecule is C=C(C)CCC(N)c1c(Cl)cccc1Cl. The zero-order valence-corrected chi connectivity index (χ0v) is 10.3. The van der Waals surface area contributed by atoms with E-state index in [1.807, 2.05) is 25.1 Å². The number of benzene rings is 1. The van der Waals surface area contributed by atoms with Crippen LogP contribution in [0.3, 0.4) is 0 Å². The minimum atomic E-state index is -0.122. The second-order valence-corrected chi connectivity index (χ2v) is 4.55. The molecule has 0 spiro atoms. The molecule has 0 heterocycles. The molecule has 1 unspecified atom stereocenters. The lowest BCUT2D eigenvalue weighted by Gasteiger charge is -2.15. The summed E-state index contributed by atoms with van der Waals surface area (Å²) in [6, 6.07) is 5.31. The van der Waals surface area contributed by atoms with Crippen LogP contribution < -0.4 is 5.73 Å². The van der Waals surface area contributed by atoms with Crippen molar-refractivity contribution in [3.63, 3.8) is 0 Å². The fourth-order valence-electron chi connectivity index (χ4n) is 1.41. The predicted molar refractivity (Wildman–Crippen MR) is 67.4 cm³/mol. The molecule has 3 heteroatoms. The molecule has 1 aromatic rings. The first kappa shape index (κ1) is 12.6. The largest absolute Gasteiger partial charge is 0.324 e. The molecule has 0 bridgehead atoms. The predicted octanol–water partition coefficient (Wildman–Crippen LogP) is 4.35. The summed E-state index contributed by atoms with van der Waals surface area (Å²) in [5.74, 6) is 0. The molecule has 82 valence electrons. The lowest BCUT2D eigenvalue weighted by molar-refractivity contribution is 0.649. The van der Waals surface area contributed by atoms with Gasteiger partial charge in [-0.25, -0.2) is 0 Å². The highest BCUT2D eigenvalue weighted by Crippen LogP contribution is 2.31. The van der Waals surface area contributed by atoms with E-state index in [1.54, 1.807) is 0 Å². The summed E-state index contributed by atoms with van der Waals surface area (Å²) < 4.78 is 0. The minimum absolute atomic E-state index is 0.122. The van der Waals surface area contributed by atoms with Gasteiger partial charge in [-0.15, -0.1) is 6.58 Å². The lowest BCUT2D eigenvalue weighted by atomic mass is 10.0. The van der Waals surface area contributed by atoms with Gasteiger partial charge in [-0.05, 0) is 31.9 Å². The van der Waals surface area contributed by atoms with Crippen molar-refractivity contribution in [2.24, 2.45) is 5.73 Å². The van der Waals surface area contributed by atoms with Crippen molar-refractivity contribution in [1.82, 2.24) is 0 Å². The van der Waals surface area contributed by atoms with E-state index >= 15 is 0 Å². The molecule has 0 aliphatic carbocycles. The molecule has 0 radical (unpaired) electrons. The van der Waals surface area contributed by atoms with E-state index in [9.17, 15) is 0 Å². The van der Waals surface area contributed by atoms with Gasteiger partial charge >= 0.3 is 0 Å². The second-order valence-electron chi connectivity index (χ2n) is 3.74.